The topological polar surface area (TPSA) is 107 Å². The summed E-state index contributed by atoms with van der Waals surface area (Å²) in [6, 6.07) is 3.80. The van der Waals surface area contributed by atoms with Crippen molar-refractivity contribution in [3.05, 3.63) is 46.2 Å². The van der Waals surface area contributed by atoms with E-state index in [4.69, 9.17) is 11.6 Å². The van der Waals surface area contributed by atoms with Crippen molar-refractivity contribution in [3.63, 3.8) is 0 Å². The lowest BCUT2D eigenvalue weighted by molar-refractivity contribution is -0.292. The summed E-state index contributed by atoms with van der Waals surface area (Å²) in [5, 5.41) is 14.8. The predicted octanol–water partition coefficient (Wildman–Crippen LogP) is 3.86. The average Bonchev–Trinajstić information content (AvgIpc) is 3.40. The lowest BCUT2D eigenvalue weighted by Crippen LogP contribution is -2.36. The summed E-state index contributed by atoms with van der Waals surface area (Å²) >= 11 is 6.05. The Kier molecular flexibility index (Phi) is 7.72. The second kappa shape index (κ2) is 10.2. The van der Waals surface area contributed by atoms with Crippen molar-refractivity contribution in [1.82, 2.24) is 35.4 Å². The molecule has 2 N–H and O–H groups in total. The van der Waals surface area contributed by atoms with E-state index in [-0.39, 0.29) is 45.5 Å². The zero-order chi connectivity index (χ0) is 28.6. The minimum atomic E-state index is -6.35. The third-order valence-corrected chi connectivity index (χ3v) is 5.29. The molecule has 0 unspecified atom stereocenters. The molecule has 2 amide bonds. The molecular formula is C20H16ClF8N7O2. The lowest BCUT2D eigenvalue weighted by Gasteiger charge is -2.19. The first-order valence-corrected chi connectivity index (χ1v) is 10.7. The zero-order valence-electron chi connectivity index (χ0n) is 19.2. The van der Waals surface area contributed by atoms with Crippen LogP contribution in [0.5, 0.6) is 0 Å². The lowest BCUT2D eigenvalue weighted by atomic mass is 10.1. The van der Waals surface area contributed by atoms with Crippen molar-refractivity contribution in [2.24, 2.45) is 7.05 Å². The predicted molar refractivity (Wildman–Crippen MR) is 115 cm³/mol. The molecule has 2 aromatic heterocycles. The molecule has 3 aromatic rings. The van der Waals surface area contributed by atoms with E-state index in [1.54, 1.807) is 0 Å². The van der Waals surface area contributed by atoms with Gasteiger partial charge in [0.15, 0.2) is 11.5 Å². The van der Waals surface area contributed by atoms with Gasteiger partial charge in [-0.25, -0.2) is 9.36 Å². The van der Waals surface area contributed by atoms with Gasteiger partial charge in [0.05, 0.1) is 16.8 Å². The number of alkyl halides is 8. The van der Waals surface area contributed by atoms with Gasteiger partial charge in [-0.2, -0.15) is 40.2 Å². The molecule has 38 heavy (non-hydrogen) atoms. The second-order valence-electron chi connectivity index (χ2n) is 7.72. The first-order chi connectivity index (χ1) is 17.4. The monoisotopic (exact) mass is 573 g/mol. The van der Waals surface area contributed by atoms with Gasteiger partial charge >= 0.3 is 18.3 Å². The molecule has 0 saturated carbocycles. The van der Waals surface area contributed by atoms with Gasteiger partial charge in [-0.1, -0.05) is 22.9 Å². The van der Waals surface area contributed by atoms with Crippen molar-refractivity contribution in [3.8, 4) is 17.1 Å². The standard InChI is InChI=1S/C20H16ClF8N7O2/c1-9(37)30-5-6-31-16(38)11-7-10(3-4-12(11)21)13-8-36(34-32-13)17-14(19(24,25)26)15(33-35(17)2)18(22,23)20(27,28)29/h3-4,7-8H,5-6H2,1-2H3,(H,30,37)(H,31,38). The fraction of sp³-hybridized carbons (Fsp3) is 0.350. The Labute approximate surface area is 212 Å². The molecule has 0 radical (unpaired) electrons. The van der Waals surface area contributed by atoms with Crippen molar-refractivity contribution in [1.29, 1.82) is 0 Å². The second-order valence-corrected chi connectivity index (χ2v) is 8.13. The Balaban J connectivity index is 2.01. The largest absolute Gasteiger partial charge is 0.459 e. The molecule has 2 heterocycles. The fourth-order valence-corrected chi connectivity index (χ4v) is 3.46. The highest BCUT2D eigenvalue weighted by atomic mass is 35.5. The van der Waals surface area contributed by atoms with Crippen LogP contribution in [0.1, 0.15) is 28.5 Å². The zero-order valence-corrected chi connectivity index (χ0v) is 19.9. The van der Waals surface area contributed by atoms with E-state index in [9.17, 15) is 44.7 Å². The number of halogens is 9. The molecule has 3 rings (SSSR count). The van der Waals surface area contributed by atoms with Gasteiger partial charge in [-0.05, 0) is 12.1 Å². The van der Waals surface area contributed by atoms with Crippen molar-refractivity contribution < 1.29 is 44.7 Å². The van der Waals surface area contributed by atoms with Crippen molar-refractivity contribution >= 4 is 23.4 Å². The Morgan fingerprint density at radius 2 is 1.66 bits per heavy atom. The van der Waals surface area contributed by atoms with Crippen LogP contribution >= 0.6 is 11.6 Å². The van der Waals surface area contributed by atoms with Gasteiger partial charge in [-0.3, -0.25) is 9.59 Å². The molecule has 0 spiro atoms. The number of aryl methyl sites for hydroxylation is 1. The molecule has 0 saturated heterocycles. The van der Waals surface area contributed by atoms with Crippen LogP contribution in [0.2, 0.25) is 5.02 Å². The third-order valence-electron chi connectivity index (χ3n) is 4.96. The molecule has 9 nitrogen and oxygen atoms in total. The van der Waals surface area contributed by atoms with E-state index in [2.05, 4.69) is 26.0 Å². The maximum Gasteiger partial charge on any atom is 0.459 e. The van der Waals surface area contributed by atoms with E-state index in [1.807, 2.05) is 0 Å². The van der Waals surface area contributed by atoms with Gasteiger partial charge < -0.3 is 10.6 Å². The minimum Gasteiger partial charge on any atom is -0.355 e. The molecule has 0 aliphatic heterocycles. The fourth-order valence-electron chi connectivity index (χ4n) is 3.26. The Morgan fingerprint density at radius 3 is 2.24 bits per heavy atom. The number of nitrogens with zero attached hydrogens (tertiary/aromatic N) is 5. The Morgan fingerprint density at radius 1 is 1.03 bits per heavy atom. The van der Waals surface area contributed by atoms with Crippen molar-refractivity contribution in [2.45, 2.75) is 25.2 Å². The molecular weight excluding hydrogens is 558 g/mol. The van der Waals surface area contributed by atoms with E-state index >= 15 is 0 Å². The van der Waals surface area contributed by atoms with E-state index in [1.165, 1.54) is 25.1 Å². The van der Waals surface area contributed by atoms with Gasteiger partial charge in [0.1, 0.15) is 11.3 Å². The van der Waals surface area contributed by atoms with Gasteiger partial charge in [0, 0.05) is 32.6 Å². The van der Waals surface area contributed by atoms with E-state index in [0.717, 1.165) is 13.2 Å². The number of carbonyl (C=O) groups excluding carboxylic acids is 2. The quantitative estimate of drug-likeness (QED) is 0.330. The Hall–Kier alpha value is -3.76. The molecule has 0 aliphatic carbocycles. The number of rotatable bonds is 7. The summed E-state index contributed by atoms with van der Waals surface area (Å²) in [4.78, 5) is 23.3. The number of hydrogen-bond donors (Lipinski definition) is 2. The van der Waals surface area contributed by atoms with Crippen LogP contribution in [0.25, 0.3) is 17.1 Å². The van der Waals surface area contributed by atoms with Crippen LogP contribution < -0.4 is 10.6 Å². The number of amides is 2. The summed E-state index contributed by atoms with van der Waals surface area (Å²) < 4.78 is 108. The van der Waals surface area contributed by atoms with Gasteiger partial charge in [0.2, 0.25) is 5.91 Å². The van der Waals surface area contributed by atoms with Gasteiger partial charge in [-0.15, -0.1) is 5.10 Å². The Bertz CT molecular complexity index is 1360. The summed E-state index contributed by atoms with van der Waals surface area (Å²) in [6.07, 6.45) is -11.2. The normalized spacial score (nSPS) is 12.5. The average molecular weight is 574 g/mol. The smallest absolute Gasteiger partial charge is 0.355 e. The summed E-state index contributed by atoms with van der Waals surface area (Å²) in [5.74, 6) is -8.16. The molecule has 0 bridgehead atoms. The van der Waals surface area contributed by atoms with E-state index < -0.39 is 41.3 Å². The van der Waals surface area contributed by atoms with E-state index in [0.29, 0.717) is 4.68 Å². The van der Waals surface area contributed by atoms with Crippen molar-refractivity contribution in [2.75, 3.05) is 13.1 Å². The number of aromatic nitrogens is 5. The molecule has 206 valence electrons. The first-order valence-electron chi connectivity index (χ1n) is 10.3. The van der Waals surface area contributed by atoms with Crippen LogP contribution in [0.3, 0.4) is 0 Å². The van der Waals surface area contributed by atoms with Crippen LogP contribution in [0.4, 0.5) is 35.1 Å². The number of hydrogen-bond acceptors (Lipinski definition) is 5. The molecule has 0 fully saturated rings. The summed E-state index contributed by atoms with van der Waals surface area (Å²) in [7, 11) is 0.730. The van der Waals surface area contributed by atoms with Gasteiger partial charge in [0.25, 0.3) is 5.91 Å². The van der Waals surface area contributed by atoms with Crippen LogP contribution in [0.15, 0.2) is 24.4 Å². The number of nitrogens with one attached hydrogen (secondary N) is 2. The highest BCUT2D eigenvalue weighted by Crippen LogP contribution is 2.49. The maximum atomic E-state index is 13.9. The molecule has 0 aliphatic rings. The first kappa shape index (κ1) is 28.8. The summed E-state index contributed by atoms with van der Waals surface area (Å²) in [5.41, 5.74) is -5.05. The molecule has 18 heteroatoms. The van der Waals surface area contributed by atoms with Crippen LogP contribution in [0, 0.1) is 0 Å². The molecule has 0 atom stereocenters. The van der Waals surface area contributed by atoms with Crippen LogP contribution in [-0.4, -0.2) is 55.9 Å². The number of benzene rings is 1. The summed E-state index contributed by atoms with van der Waals surface area (Å²) in [6.45, 7) is 1.44. The SMILES string of the molecule is CC(=O)NCCNC(=O)c1cc(-c2cn(-c3c(C(F)(F)F)c(C(F)(F)C(F)(F)F)nn3C)nn2)ccc1Cl. The van der Waals surface area contributed by atoms with Crippen LogP contribution in [-0.2, 0) is 23.9 Å². The maximum absolute atomic E-state index is 13.9. The minimum absolute atomic E-state index is 0.0109. The molecule has 1 aromatic carbocycles. The third kappa shape index (κ3) is 5.71. The number of carbonyl (C=O) groups is 2. The highest BCUT2D eigenvalue weighted by molar-refractivity contribution is 6.34. The highest BCUT2D eigenvalue weighted by Gasteiger charge is 2.64.